The van der Waals surface area contributed by atoms with Gasteiger partial charge in [-0.15, -0.1) is 0 Å². The van der Waals surface area contributed by atoms with Crippen molar-refractivity contribution in [1.82, 2.24) is 10.3 Å². The van der Waals surface area contributed by atoms with Crippen LogP contribution in [-0.2, 0) is 0 Å². The summed E-state index contributed by atoms with van der Waals surface area (Å²) in [6.45, 7) is 0. The molecule has 1 aromatic heterocycles. The van der Waals surface area contributed by atoms with Crippen LogP contribution in [0.25, 0.3) is 11.5 Å². The minimum absolute atomic E-state index is 0.179. The molecule has 6 heteroatoms. The van der Waals surface area contributed by atoms with Gasteiger partial charge < -0.3 is 15.5 Å². The molecule has 0 radical (unpaired) electrons. The number of nitrogen functional groups attached to an aromatic ring is 1. The number of aromatic nitrogens is 1. The molecule has 0 saturated carbocycles. The van der Waals surface area contributed by atoms with Crippen LogP contribution < -0.4 is 11.1 Å². The van der Waals surface area contributed by atoms with Crippen LogP contribution in [0.15, 0.2) is 89.5 Å². The highest BCUT2D eigenvalue weighted by Crippen LogP contribution is 2.26. The molecule has 4 rings (SSSR count). The largest absolute Gasteiger partial charge is 0.444 e. The lowest BCUT2D eigenvalue weighted by Crippen LogP contribution is -2.29. The number of hydrogen-bond donors (Lipinski definition) is 2. The van der Waals surface area contributed by atoms with Crippen LogP contribution in [-0.4, -0.2) is 10.9 Å². The molecule has 1 amide bonds. The van der Waals surface area contributed by atoms with E-state index in [0.29, 0.717) is 22.2 Å². The van der Waals surface area contributed by atoms with Gasteiger partial charge in [0.25, 0.3) is 5.91 Å². The van der Waals surface area contributed by atoms with E-state index >= 15 is 0 Å². The maximum atomic E-state index is 12.9. The van der Waals surface area contributed by atoms with Gasteiger partial charge in [0.05, 0.1) is 11.6 Å². The van der Waals surface area contributed by atoms with Crippen molar-refractivity contribution in [3.8, 4) is 11.5 Å². The van der Waals surface area contributed by atoms with E-state index in [0.717, 1.165) is 11.1 Å². The zero-order valence-electron chi connectivity index (χ0n) is 15.4. The molecule has 144 valence electrons. The van der Waals surface area contributed by atoms with Crippen molar-refractivity contribution >= 4 is 23.2 Å². The van der Waals surface area contributed by atoms with Gasteiger partial charge in [-0.25, -0.2) is 4.98 Å². The Labute approximate surface area is 173 Å². The van der Waals surface area contributed by atoms with Gasteiger partial charge in [0.2, 0.25) is 5.89 Å². The second-order valence-electron chi connectivity index (χ2n) is 6.49. The average molecular weight is 404 g/mol. The van der Waals surface area contributed by atoms with E-state index in [2.05, 4.69) is 10.3 Å². The molecule has 4 aromatic rings. The van der Waals surface area contributed by atoms with Gasteiger partial charge in [-0.3, -0.25) is 4.79 Å². The summed E-state index contributed by atoms with van der Waals surface area (Å²) in [4.78, 5) is 17.2. The summed E-state index contributed by atoms with van der Waals surface area (Å²) in [7, 11) is 0. The highest BCUT2D eigenvalue weighted by molar-refractivity contribution is 6.30. The molecule has 1 unspecified atom stereocenters. The van der Waals surface area contributed by atoms with E-state index in [1.165, 1.54) is 6.26 Å². The van der Waals surface area contributed by atoms with Gasteiger partial charge in [-0.1, -0.05) is 66.2 Å². The number of hydrogen-bond acceptors (Lipinski definition) is 4. The summed E-state index contributed by atoms with van der Waals surface area (Å²) >= 11 is 6.02. The predicted molar refractivity (Wildman–Crippen MR) is 114 cm³/mol. The van der Waals surface area contributed by atoms with Crippen molar-refractivity contribution in [2.24, 2.45) is 0 Å². The third-order valence-electron chi connectivity index (χ3n) is 4.54. The zero-order chi connectivity index (χ0) is 20.2. The average Bonchev–Trinajstić information content (AvgIpc) is 3.24. The third-order valence-corrected chi connectivity index (χ3v) is 4.79. The Morgan fingerprint density at radius 2 is 1.59 bits per heavy atom. The fourth-order valence-electron chi connectivity index (χ4n) is 3.06. The van der Waals surface area contributed by atoms with Crippen molar-refractivity contribution in [3.05, 3.63) is 107 Å². The van der Waals surface area contributed by atoms with Crippen LogP contribution in [0.3, 0.4) is 0 Å². The Hall–Kier alpha value is -3.57. The fraction of sp³-hybridized carbons (Fsp3) is 0.0435. The second kappa shape index (κ2) is 8.20. The van der Waals surface area contributed by atoms with Crippen molar-refractivity contribution < 1.29 is 9.21 Å². The molecule has 0 spiro atoms. The first kappa shape index (κ1) is 18.8. The van der Waals surface area contributed by atoms with Crippen LogP contribution in [0.2, 0.25) is 5.02 Å². The lowest BCUT2D eigenvalue weighted by atomic mass is 9.98. The minimum atomic E-state index is -0.358. The second-order valence-corrected chi connectivity index (χ2v) is 6.93. The number of benzene rings is 3. The van der Waals surface area contributed by atoms with Crippen molar-refractivity contribution in [2.45, 2.75) is 6.04 Å². The topological polar surface area (TPSA) is 81.1 Å². The van der Waals surface area contributed by atoms with E-state index < -0.39 is 0 Å². The summed E-state index contributed by atoms with van der Waals surface area (Å²) in [6, 6.07) is 23.9. The monoisotopic (exact) mass is 403 g/mol. The molecule has 29 heavy (non-hydrogen) atoms. The Morgan fingerprint density at radius 1 is 0.931 bits per heavy atom. The van der Waals surface area contributed by atoms with Crippen LogP contribution in [0.5, 0.6) is 0 Å². The predicted octanol–water partition coefficient (Wildman–Crippen LogP) is 5.10. The van der Waals surface area contributed by atoms with Gasteiger partial charge in [-0.2, -0.15) is 0 Å². The number of rotatable bonds is 5. The van der Waals surface area contributed by atoms with Gasteiger partial charge in [0, 0.05) is 10.7 Å². The highest BCUT2D eigenvalue weighted by atomic mass is 35.5. The third kappa shape index (κ3) is 4.15. The van der Waals surface area contributed by atoms with Crippen molar-refractivity contribution in [1.29, 1.82) is 0 Å². The lowest BCUT2D eigenvalue weighted by molar-refractivity contribution is 0.0938. The molecule has 0 saturated heterocycles. The molecule has 1 atom stereocenters. The smallest absolute Gasteiger partial charge is 0.274 e. The normalized spacial score (nSPS) is 11.8. The zero-order valence-corrected chi connectivity index (χ0v) is 16.1. The molecule has 0 fully saturated rings. The van der Waals surface area contributed by atoms with Gasteiger partial charge in [0.1, 0.15) is 6.26 Å². The quantitative estimate of drug-likeness (QED) is 0.454. The number of oxazole rings is 1. The molecule has 3 N–H and O–H groups in total. The SMILES string of the molecule is Nc1ccccc1-c1nc(C(=O)NC(c2ccccc2)c2ccc(Cl)cc2)co1. The van der Waals surface area contributed by atoms with E-state index in [4.69, 9.17) is 21.8 Å². The maximum absolute atomic E-state index is 12.9. The Bertz CT molecular complexity index is 1120. The number of nitrogens with one attached hydrogen (secondary N) is 1. The molecule has 0 aliphatic rings. The molecule has 3 aromatic carbocycles. The van der Waals surface area contributed by atoms with Gasteiger partial charge in [-0.05, 0) is 35.4 Å². The summed E-state index contributed by atoms with van der Waals surface area (Å²) in [5.74, 6) is -0.0469. The van der Waals surface area contributed by atoms with E-state index in [9.17, 15) is 4.79 Å². The van der Waals surface area contributed by atoms with Crippen LogP contribution in [0.4, 0.5) is 5.69 Å². The highest BCUT2D eigenvalue weighted by Gasteiger charge is 2.21. The van der Waals surface area contributed by atoms with E-state index in [1.54, 1.807) is 24.3 Å². The molecule has 1 heterocycles. The first-order valence-electron chi connectivity index (χ1n) is 9.03. The number of carbonyl (C=O) groups excluding carboxylic acids is 1. The number of anilines is 1. The van der Waals surface area contributed by atoms with Crippen LogP contribution in [0.1, 0.15) is 27.7 Å². The van der Waals surface area contributed by atoms with Crippen LogP contribution >= 0.6 is 11.6 Å². The molecule has 0 aliphatic heterocycles. The molecular formula is C23H18ClN3O2. The first-order chi connectivity index (χ1) is 14.1. The summed E-state index contributed by atoms with van der Waals surface area (Å²) in [5, 5.41) is 3.66. The van der Waals surface area contributed by atoms with Gasteiger partial charge >= 0.3 is 0 Å². The first-order valence-corrected chi connectivity index (χ1v) is 9.41. The Balaban J connectivity index is 1.62. The van der Waals surface area contributed by atoms with E-state index in [-0.39, 0.29) is 17.6 Å². The molecule has 5 nitrogen and oxygen atoms in total. The Morgan fingerprint density at radius 3 is 2.31 bits per heavy atom. The van der Waals surface area contributed by atoms with Crippen molar-refractivity contribution in [2.75, 3.05) is 5.73 Å². The fourth-order valence-corrected chi connectivity index (χ4v) is 3.18. The van der Waals surface area contributed by atoms with E-state index in [1.807, 2.05) is 54.6 Å². The molecule has 0 aliphatic carbocycles. The van der Waals surface area contributed by atoms with Crippen LogP contribution in [0, 0.1) is 0 Å². The maximum Gasteiger partial charge on any atom is 0.274 e. The number of nitrogens with two attached hydrogens (primary N) is 1. The number of carbonyl (C=O) groups is 1. The standard InChI is InChI=1S/C23H18ClN3O2/c24-17-12-10-16(11-13-17)21(15-6-2-1-3-7-15)27-22(28)20-14-29-23(26-20)18-8-4-5-9-19(18)25/h1-14,21H,25H2,(H,27,28). The summed E-state index contributed by atoms with van der Waals surface area (Å²) < 4.78 is 5.49. The lowest BCUT2D eigenvalue weighted by Gasteiger charge is -2.19. The Kier molecular flexibility index (Phi) is 5.31. The molecule has 0 bridgehead atoms. The number of amides is 1. The molecular weight excluding hydrogens is 386 g/mol. The number of para-hydroxylation sites is 1. The van der Waals surface area contributed by atoms with Gasteiger partial charge in [0.15, 0.2) is 5.69 Å². The number of nitrogens with zero attached hydrogens (tertiary/aromatic N) is 1. The number of halogens is 1. The summed E-state index contributed by atoms with van der Waals surface area (Å²) in [5.41, 5.74) is 9.18. The van der Waals surface area contributed by atoms with Crippen molar-refractivity contribution in [3.63, 3.8) is 0 Å². The minimum Gasteiger partial charge on any atom is -0.444 e. The summed E-state index contributed by atoms with van der Waals surface area (Å²) in [6.07, 6.45) is 1.33.